The molecule has 2 aromatic rings. The summed E-state index contributed by atoms with van der Waals surface area (Å²) in [6.45, 7) is -0.378. The summed E-state index contributed by atoms with van der Waals surface area (Å²) in [4.78, 5) is 15.3. The molecule has 0 spiro atoms. The number of carbonyl (C=O) groups is 1. The van der Waals surface area contributed by atoms with Crippen molar-refractivity contribution in [3.63, 3.8) is 0 Å². The molecule has 7 nitrogen and oxygen atoms in total. The first-order chi connectivity index (χ1) is 13.7. The van der Waals surface area contributed by atoms with E-state index in [0.717, 1.165) is 6.07 Å². The number of aliphatic imine (C=N–C) groups is 1. The molecule has 2 N–H and O–H groups in total. The van der Waals surface area contributed by atoms with E-state index in [1.807, 2.05) is 0 Å². The fourth-order valence-electron chi connectivity index (χ4n) is 2.49. The van der Waals surface area contributed by atoms with E-state index in [2.05, 4.69) is 9.73 Å². The molecule has 1 aliphatic heterocycles. The molecule has 0 bridgehead atoms. The molecule has 0 saturated carbocycles. The highest BCUT2D eigenvalue weighted by molar-refractivity contribution is 5.98. The van der Waals surface area contributed by atoms with Crippen molar-refractivity contribution in [3.8, 4) is 11.5 Å². The first-order valence-electron chi connectivity index (χ1n) is 8.17. The van der Waals surface area contributed by atoms with Crippen molar-refractivity contribution in [2.45, 2.75) is 19.0 Å². The molecule has 0 aromatic heterocycles. The molecule has 29 heavy (non-hydrogen) atoms. The van der Waals surface area contributed by atoms with Crippen molar-refractivity contribution in [2.75, 3.05) is 6.61 Å². The number of carbonyl (C=O) groups excluding carboxylic acids is 1. The van der Waals surface area contributed by atoms with Crippen LogP contribution in [0.25, 0.3) is 0 Å². The van der Waals surface area contributed by atoms with Crippen molar-refractivity contribution in [3.05, 3.63) is 59.4 Å². The number of alkyl halides is 3. The van der Waals surface area contributed by atoms with Crippen LogP contribution in [-0.4, -0.2) is 36.0 Å². The Balaban J connectivity index is 1.84. The van der Waals surface area contributed by atoms with Gasteiger partial charge in [-0.1, -0.05) is 12.1 Å². The largest absolute Gasteiger partial charge is 0.573 e. The predicted octanol–water partition coefficient (Wildman–Crippen LogP) is 2.95. The topological polar surface area (TPSA) is 89.4 Å². The Hall–Kier alpha value is -3.34. The van der Waals surface area contributed by atoms with Gasteiger partial charge in [0.1, 0.15) is 19.0 Å². The molecular formula is C18H14F4N2O5. The summed E-state index contributed by atoms with van der Waals surface area (Å²) in [6, 6.07) is 7.93. The minimum Gasteiger partial charge on any atom is -0.485 e. The number of rotatable bonds is 6. The molecule has 11 heteroatoms. The SMILES string of the molecule is O=C(NO)C1COC(c2ccc(OCc3cccc(F)c3)c(OC(F)(F)F)c2)=N1. The highest BCUT2D eigenvalue weighted by atomic mass is 19.4. The van der Waals surface area contributed by atoms with Gasteiger partial charge in [0, 0.05) is 5.56 Å². The van der Waals surface area contributed by atoms with Crippen LogP contribution in [0.2, 0.25) is 0 Å². The summed E-state index contributed by atoms with van der Waals surface area (Å²) in [5.74, 6) is -2.32. The summed E-state index contributed by atoms with van der Waals surface area (Å²) in [6.07, 6.45) is -4.99. The maximum absolute atomic E-state index is 13.2. The van der Waals surface area contributed by atoms with Crippen LogP contribution in [-0.2, 0) is 16.1 Å². The van der Waals surface area contributed by atoms with E-state index in [1.54, 1.807) is 6.07 Å². The number of hydroxylamine groups is 1. The lowest BCUT2D eigenvalue weighted by Gasteiger charge is -2.15. The molecule has 1 atom stereocenters. The second-order valence-corrected chi connectivity index (χ2v) is 5.87. The smallest absolute Gasteiger partial charge is 0.485 e. The van der Waals surface area contributed by atoms with Gasteiger partial charge in [0.2, 0.25) is 5.90 Å². The minimum atomic E-state index is -4.99. The molecule has 0 radical (unpaired) electrons. The van der Waals surface area contributed by atoms with Crippen LogP contribution in [0.4, 0.5) is 17.6 Å². The summed E-state index contributed by atoms with van der Waals surface area (Å²) in [7, 11) is 0. The Kier molecular flexibility index (Phi) is 5.87. The van der Waals surface area contributed by atoms with E-state index in [1.165, 1.54) is 35.8 Å². The van der Waals surface area contributed by atoms with Crippen LogP contribution in [0.1, 0.15) is 11.1 Å². The van der Waals surface area contributed by atoms with Gasteiger partial charge in [0.25, 0.3) is 5.91 Å². The number of nitrogens with zero attached hydrogens (tertiary/aromatic N) is 1. The maximum Gasteiger partial charge on any atom is 0.573 e. The third-order valence-corrected chi connectivity index (χ3v) is 3.76. The van der Waals surface area contributed by atoms with E-state index < -0.39 is 29.9 Å². The Morgan fingerprint density at radius 2 is 2.03 bits per heavy atom. The fourth-order valence-corrected chi connectivity index (χ4v) is 2.49. The zero-order valence-electron chi connectivity index (χ0n) is 14.6. The number of ether oxygens (including phenoxy) is 3. The fraction of sp³-hybridized carbons (Fsp3) is 0.222. The molecule has 1 heterocycles. The molecule has 0 saturated heterocycles. The normalized spacial score (nSPS) is 16.0. The van der Waals surface area contributed by atoms with Gasteiger partial charge in [-0.3, -0.25) is 10.0 Å². The Labute approximate surface area is 161 Å². The summed E-state index contributed by atoms with van der Waals surface area (Å²) < 4.78 is 66.2. The maximum atomic E-state index is 13.2. The Morgan fingerprint density at radius 1 is 1.24 bits per heavy atom. The van der Waals surface area contributed by atoms with Crippen molar-refractivity contribution in [1.29, 1.82) is 0 Å². The van der Waals surface area contributed by atoms with Gasteiger partial charge in [-0.2, -0.15) is 0 Å². The molecule has 1 amide bonds. The van der Waals surface area contributed by atoms with E-state index in [9.17, 15) is 22.4 Å². The van der Waals surface area contributed by atoms with Gasteiger partial charge in [-0.15, -0.1) is 13.2 Å². The van der Waals surface area contributed by atoms with Crippen LogP contribution in [0.3, 0.4) is 0 Å². The molecule has 0 aliphatic carbocycles. The van der Waals surface area contributed by atoms with Crippen LogP contribution >= 0.6 is 0 Å². The molecule has 2 aromatic carbocycles. The molecule has 1 aliphatic rings. The molecule has 0 fully saturated rings. The average Bonchev–Trinajstić information content (AvgIpc) is 3.15. The minimum absolute atomic E-state index is 0.0951. The number of amides is 1. The van der Waals surface area contributed by atoms with Crippen molar-refractivity contribution in [2.24, 2.45) is 4.99 Å². The lowest BCUT2D eigenvalue weighted by molar-refractivity contribution is -0.275. The van der Waals surface area contributed by atoms with Gasteiger partial charge in [0.05, 0.1) is 0 Å². The average molecular weight is 414 g/mol. The lowest BCUT2D eigenvalue weighted by atomic mass is 10.2. The van der Waals surface area contributed by atoms with Crippen LogP contribution < -0.4 is 15.0 Å². The zero-order chi connectivity index (χ0) is 21.0. The van der Waals surface area contributed by atoms with Crippen molar-refractivity contribution >= 4 is 11.8 Å². The second-order valence-electron chi connectivity index (χ2n) is 5.87. The predicted molar refractivity (Wildman–Crippen MR) is 90.1 cm³/mol. The third-order valence-electron chi connectivity index (χ3n) is 3.76. The molecule has 3 rings (SSSR count). The summed E-state index contributed by atoms with van der Waals surface area (Å²) in [5.41, 5.74) is 1.94. The zero-order valence-corrected chi connectivity index (χ0v) is 14.6. The number of halogens is 4. The standard InChI is InChI=1S/C18H14F4N2O5/c19-12-3-1-2-10(6-12)8-27-14-5-4-11(7-15(14)29-18(20,21)22)17-23-13(9-28-17)16(25)24-26/h1-7,13,26H,8-9H2,(H,24,25). The van der Waals surface area contributed by atoms with E-state index in [-0.39, 0.29) is 30.4 Å². The second kappa shape index (κ2) is 8.35. The number of nitrogens with one attached hydrogen (secondary N) is 1. The highest BCUT2D eigenvalue weighted by Crippen LogP contribution is 2.34. The van der Waals surface area contributed by atoms with Gasteiger partial charge >= 0.3 is 6.36 Å². The number of hydrogen-bond acceptors (Lipinski definition) is 6. The summed E-state index contributed by atoms with van der Waals surface area (Å²) >= 11 is 0. The van der Waals surface area contributed by atoms with E-state index in [0.29, 0.717) is 5.56 Å². The van der Waals surface area contributed by atoms with Crippen LogP contribution in [0.15, 0.2) is 47.5 Å². The quantitative estimate of drug-likeness (QED) is 0.431. The summed E-state index contributed by atoms with van der Waals surface area (Å²) in [5, 5.41) is 8.62. The Morgan fingerprint density at radius 3 is 2.72 bits per heavy atom. The third kappa shape index (κ3) is 5.35. The molecule has 154 valence electrons. The highest BCUT2D eigenvalue weighted by Gasteiger charge is 2.33. The van der Waals surface area contributed by atoms with Gasteiger partial charge in [0.15, 0.2) is 17.5 Å². The van der Waals surface area contributed by atoms with Crippen molar-refractivity contribution < 1.29 is 41.8 Å². The van der Waals surface area contributed by atoms with Crippen LogP contribution in [0, 0.1) is 5.82 Å². The molecular weight excluding hydrogens is 400 g/mol. The molecule has 1 unspecified atom stereocenters. The van der Waals surface area contributed by atoms with Crippen molar-refractivity contribution in [1.82, 2.24) is 5.48 Å². The lowest BCUT2D eigenvalue weighted by Crippen LogP contribution is -2.31. The van der Waals surface area contributed by atoms with Crippen LogP contribution in [0.5, 0.6) is 11.5 Å². The first kappa shape index (κ1) is 20.4. The Bertz CT molecular complexity index is 933. The monoisotopic (exact) mass is 414 g/mol. The van der Waals surface area contributed by atoms with E-state index >= 15 is 0 Å². The number of benzene rings is 2. The van der Waals surface area contributed by atoms with E-state index in [4.69, 9.17) is 14.7 Å². The van der Waals surface area contributed by atoms with Gasteiger partial charge in [-0.25, -0.2) is 14.9 Å². The van der Waals surface area contributed by atoms with Gasteiger partial charge in [-0.05, 0) is 35.9 Å². The van der Waals surface area contributed by atoms with Gasteiger partial charge < -0.3 is 14.2 Å². The first-order valence-corrected chi connectivity index (χ1v) is 8.17. The number of hydrogen-bond donors (Lipinski definition) is 2.